The number of rotatable bonds is 7. The van der Waals surface area contributed by atoms with Gasteiger partial charge in [0.2, 0.25) is 0 Å². The number of hydrogen-bond donors (Lipinski definition) is 2. The summed E-state index contributed by atoms with van der Waals surface area (Å²) in [7, 11) is 0. The summed E-state index contributed by atoms with van der Waals surface area (Å²) >= 11 is 1.84. The van der Waals surface area contributed by atoms with Gasteiger partial charge in [0.15, 0.2) is 0 Å². The van der Waals surface area contributed by atoms with Gasteiger partial charge in [-0.15, -0.1) is 6.58 Å². The van der Waals surface area contributed by atoms with E-state index in [2.05, 4.69) is 11.9 Å². The largest absolute Gasteiger partial charge is 0.392 e. The number of thioether (sulfide) groups is 1. The van der Waals surface area contributed by atoms with Gasteiger partial charge in [0.1, 0.15) is 0 Å². The first-order valence-electron chi connectivity index (χ1n) is 3.84. The summed E-state index contributed by atoms with van der Waals surface area (Å²) in [6.07, 6.45) is 1.67. The minimum Gasteiger partial charge on any atom is -0.392 e. The highest BCUT2D eigenvalue weighted by atomic mass is 32.2. The minimum atomic E-state index is -0.237. The van der Waals surface area contributed by atoms with Gasteiger partial charge in [-0.3, -0.25) is 0 Å². The summed E-state index contributed by atoms with van der Waals surface area (Å²) < 4.78 is 0. The highest BCUT2D eigenvalue weighted by molar-refractivity contribution is 7.99. The zero-order valence-corrected chi connectivity index (χ0v) is 7.86. The third kappa shape index (κ3) is 10.0. The van der Waals surface area contributed by atoms with Crippen molar-refractivity contribution in [3.05, 3.63) is 12.7 Å². The smallest absolute Gasteiger partial charge is 0.0636 e. The molecule has 1 unspecified atom stereocenters. The Morgan fingerprint density at radius 3 is 3.00 bits per heavy atom. The van der Waals surface area contributed by atoms with E-state index in [0.29, 0.717) is 6.54 Å². The van der Waals surface area contributed by atoms with Gasteiger partial charge >= 0.3 is 0 Å². The second kappa shape index (κ2) is 8.11. The summed E-state index contributed by atoms with van der Waals surface area (Å²) in [5, 5.41) is 12.0. The number of nitrogens with one attached hydrogen (secondary N) is 1. The average Bonchev–Trinajstić information content (AvgIpc) is 1.96. The van der Waals surface area contributed by atoms with Crippen LogP contribution in [0.1, 0.15) is 6.92 Å². The Bertz CT molecular complexity index is 96.1. The monoisotopic (exact) mass is 175 g/mol. The molecule has 0 aromatic rings. The van der Waals surface area contributed by atoms with E-state index in [1.54, 1.807) is 6.92 Å². The standard InChI is InChI=1S/C8H17NOS/c1-3-5-11-6-4-9-7-8(2)10/h3,8-10H,1,4-7H2,2H3. The van der Waals surface area contributed by atoms with Crippen molar-refractivity contribution in [2.24, 2.45) is 0 Å². The zero-order valence-electron chi connectivity index (χ0n) is 7.05. The van der Waals surface area contributed by atoms with Crippen molar-refractivity contribution in [1.82, 2.24) is 5.32 Å². The van der Waals surface area contributed by atoms with Crippen molar-refractivity contribution >= 4 is 11.8 Å². The Labute approximate surface area is 73.1 Å². The second-order valence-electron chi connectivity index (χ2n) is 2.42. The molecule has 0 spiro atoms. The summed E-state index contributed by atoms with van der Waals surface area (Å²) in [5.74, 6) is 2.09. The van der Waals surface area contributed by atoms with Crippen LogP contribution in [0.2, 0.25) is 0 Å². The van der Waals surface area contributed by atoms with E-state index < -0.39 is 0 Å². The molecule has 0 aliphatic carbocycles. The molecule has 0 rings (SSSR count). The first-order chi connectivity index (χ1) is 5.27. The highest BCUT2D eigenvalue weighted by Gasteiger charge is 1.92. The van der Waals surface area contributed by atoms with Crippen molar-refractivity contribution < 1.29 is 5.11 Å². The maximum Gasteiger partial charge on any atom is 0.0636 e. The normalized spacial score (nSPS) is 12.9. The quantitative estimate of drug-likeness (QED) is 0.445. The number of aliphatic hydroxyl groups is 1. The van der Waals surface area contributed by atoms with E-state index in [-0.39, 0.29) is 6.10 Å². The van der Waals surface area contributed by atoms with E-state index in [0.717, 1.165) is 18.1 Å². The number of aliphatic hydroxyl groups excluding tert-OH is 1. The molecule has 0 aromatic heterocycles. The van der Waals surface area contributed by atoms with Crippen molar-refractivity contribution in [3.8, 4) is 0 Å². The zero-order chi connectivity index (χ0) is 8.53. The lowest BCUT2D eigenvalue weighted by atomic mass is 10.4. The number of hydrogen-bond acceptors (Lipinski definition) is 3. The molecule has 11 heavy (non-hydrogen) atoms. The van der Waals surface area contributed by atoms with E-state index in [4.69, 9.17) is 5.11 Å². The molecule has 0 aliphatic heterocycles. The summed E-state index contributed by atoms with van der Waals surface area (Å²) in [5.41, 5.74) is 0. The average molecular weight is 175 g/mol. The van der Waals surface area contributed by atoms with E-state index in [9.17, 15) is 0 Å². The van der Waals surface area contributed by atoms with Gasteiger partial charge in [0.25, 0.3) is 0 Å². The topological polar surface area (TPSA) is 32.3 Å². The van der Waals surface area contributed by atoms with E-state index in [1.165, 1.54) is 0 Å². The van der Waals surface area contributed by atoms with Gasteiger partial charge in [0.05, 0.1) is 6.10 Å². The molecule has 0 saturated carbocycles. The van der Waals surface area contributed by atoms with Crippen LogP contribution in [0, 0.1) is 0 Å². The first-order valence-corrected chi connectivity index (χ1v) is 5.00. The lowest BCUT2D eigenvalue weighted by Crippen LogP contribution is -2.26. The van der Waals surface area contributed by atoms with Crippen LogP contribution in [0.25, 0.3) is 0 Å². The SMILES string of the molecule is C=CCSCCNCC(C)O. The van der Waals surface area contributed by atoms with Gasteiger partial charge in [0, 0.05) is 24.6 Å². The predicted molar refractivity (Wildman–Crippen MR) is 52.1 cm³/mol. The fraction of sp³-hybridized carbons (Fsp3) is 0.750. The van der Waals surface area contributed by atoms with E-state index >= 15 is 0 Å². The van der Waals surface area contributed by atoms with Crippen LogP contribution in [-0.2, 0) is 0 Å². The fourth-order valence-corrected chi connectivity index (χ4v) is 1.24. The maximum atomic E-state index is 8.87. The molecule has 0 aromatic carbocycles. The van der Waals surface area contributed by atoms with Crippen molar-refractivity contribution in [1.29, 1.82) is 0 Å². The van der Waals surface area contributed by atoms with Crippen molar-refractivity contribution in [2.75, 3.05) is 24.6 Å². The summed E-state index contributed by atoms with van der Waals surface area (Å²) in [6.45, 7) is 7.06. The van der Waals surface area contributed by atoms with Gasteiger partial charge in [-0.25, -0.2) is 0 Å². The van der Waals surface area contributed by atoms with Crippen LogP contribution in [0.3, 0.4) is 0 Å². The molecule has 2 nitrogen and oxygen atoms in total. The second-order valence-corrected chi connectivity index (χ2v) is 3.57. The van der Waals surface area contributed by atoms with Crippen LogP contribution in [0.4, 0.5) is 0 Å². The summed E-state index contributed by atoms with van der Waals surface area (Å²) in [4.78, 5) is 0. The molecule has 0 saturated heterocycles. The van der Waals surface area contributed by atoms with Crippen molar-refractivity contribution in [3.63, 3.8) is 0 Å². The van der Waals surface area contributed by atoms with Crippen LogP contribution >= 0.6 is 11.8 Å². The van der Waals surface area contributed by atoms with Gasteiger partial charge in [-0.05, 0) is 6.92 Å². The Hall–Kier alpha value is 0.01000. The predicted octanol–water partition coefficient (Wildman–Crippen LogP) is 0.876. The summed E-state index contributed by atoms with van der Waals surface area (Å²) in [6, 6.07) is 0. The molecule has 2 N–H and O–H groups in total. The molecule has 0 heterocycles. The van der Waals surface area contributed by atoms with Crippen LogP contribution in [0.15, 0.2) is 12.7 Å². The fourth-order valence-electron chi connectivity index (χ4n) is 0.622. The highest BCUT2D eigenvalue weighted by Crippen LogP contribution is 1.96. The third-order valence-electron chi connectivity index (χ3n) is 1.10. The van der Waals surface area contributed by atoms with Gasteiger partial charge < -0.3 is 10.4 Å². The Morgan fingerprint density at radius 1 is 1.73 bits per heavy atom. The molecular weight excluding hydrogens is 158 g/mol. The minimum absolute atomic E-state index is 0.237. The molecule has 0 radical (unpaired) electrons. The maximum absolute atomic E-state index is 8.87. The molecular formula is C8H17NOS. The Morgan fingerprint density at radius 2 is 2.45 bits per heavy atom. The van der Waals surface area contributed by atoms with Crippen LogP contribution < -0.4 is 5.32 Å². The molecule has 0 fully saturated rings. The Kier molecular flexibility index (Phi) is 8.12. The van der Waals surface area contributed by atoms with Crippen LogP contribution in [-0.4, -0.2) is 35.8 Å². The van der Waals surface area contributed by atoms with Crippen LogP contribution in [0.5, 0.6) is 0 Å². The molecule has 0 aliphatic rings. The molecule has 3 heteroatoms. The lowest BCUT2D eigenvalue weighted by Gasteiger charge is -2.05. The third-order valence-corrected chi connectivity index (χ3v) is 2.06. The van der Waals surface area contributed by atoms with E-state index in [1.807, 2.05) is 17.8 Å². The van der Waals surface area contributed by atoms with Gasteiger partial charge in [-0.2, -0.15) is 11.8 Å². The Balaban J connectivity index is 2.85. The molecule has 0 bridgehead atoms. The first kappa shape index (κ1) is 11.0. The molecule has 66 valence electrons. The van der Waals surface area contributed by atoms with Crippen molar-refractivity contribution in [2.45, 2.75) is 13.0 Å². The van der Waals surface area contributed by atoms with Gasteiger partial charge in [-0.1, -0.05) is 6.08 Å². The lowest BCUT2D eigenvalue weighted by molar-refractivity contribution is 0.192. The molecule has 1 atom stereocenters. The molecule has 0 amide bonds.